The molecule has 4 aromatic rings. The molecular weight excluding hydrogens is 376 g/mol. The Balaban J connectivity index is 1.74. The number of hydrogen-bond donors (Lipinski definition) is 0. The van der Waals surface area contributed by atoms with Crippen molar-refractivity contribution in [3.05, 3.63) is 111 Å². The standard InChI is InChI=1S/C25H20N2O3/c1-15-5-8-18(9-6-15)22-21-23(28)19-10-7-16(2)12-20(19)30-24(21)25(29)27(22)14-17-4-3-11-26-13-17/h3-13,22H,14H2,1-2H3/t22-/m0/s1. The molecule has 2 aromatic heterocycles. The summed E-state index contributed by atoms with van der Waals surface area (Å²) in [5.41, 5.74) is 4.56. The molecule has 0 spiro atoms. The summed E-state index contributed by atoms with van der Waals surface area (Å²) in [5, 5.41) is 0.493. The number of pyridine rings is 1. The summed E-state index contributed by atoms with van der Waals surface area (Å²) in [6.45, 7) is 4.28. The van der Waals surface area contributed by atoms with Gasteiger partial charge in [0, 0.05) is 18.9 Å². The Labute approximate surface area is 173 Å². The number of benzene rings is 2. The van der Waals surface area contributed by atoms with Crippen LogP contribution >= 0.6 is 0 Å². The van der Waals surface area contributed by atoms with Crippen LogP contribution in [0, 0.1) is 13.8 Å². The molecule has 1 atom stereocenters. The number of carbonyl (C=O) groups is 1. The molecule has 0 bridgehead atoms. The van der Waals surface area contributed by atoms with Gasteiger partial charge in [0.2, 0.25) is 5.76 Å². The van der Waals surface area contributed by atoms with Crippen molar-refractivity contribution in [2.75, 3.05) is 0 Å². The highest BCUT2D eigenvalue weighted by Crippen LogP contribution is 2.39. The molecule has 1 amide bonds. The van der Waals surface area contributed by atoms with E-state index in [-0.39, 0.29) is 17.1 Å². The van der Waals surface area contributed by atoms with Crippen molar-refractivity contribution in [1.29, 1.82) is 0 Å². The van der Waals surface area contributed by atoms with Gasteiger partial charge in [0.1, 0.15) is 5.58 Å². The van der Waals surface area contributed by atoms with Crippen LogP contribution < -0.4 is 5.43 Å². The molecule has 0 N–H and O–H groups in total. The van der Waals surface area contributed by atoms with Crippen molar-refractivity contribution in [2.24, 2.45) is 0 Å². The highest BCUT2D eigenvalue weighted by molar-refractivity contribution is 5.99. The largest absolute Gasteiger partial charge is 0.450 e. The number of aryl methyl sites for hydroxylation is 2. The van der Waals surface area contributed by atoms with Crippen molar-refractivity contribution in [1.82, 2.24) is 9.88 Å². The summed E-state index contributed by atoms with van der Waals surface area (Å²) in [7, 11) is 0. The molecule has 148 valence electrons. The maximum Gasteiger partial charge on any atom is 0.291 e. The van der Waals surface area contributed by atoms with E-state index in [1.165, 1.54) is 0 Å². The second kappa shape index (κ2) is 6.95. The molecule has 0 saturated carbocycles. The number of amides is 1. The molecule has 1 aliphatic heterocycles. The molecule has 2 aromatic carbocycles. The van der Waals surface area contributed by atoms with Gasteiger partial charge >= 0.3 is 0 Å². The maximum atomic E-state index is 13.5. The summed E-state index contributed by atoms with van der Waals surface area (Å²) >= 11 is 0. The van der Waals surface area contributed by atoms with E-state index in [4.69, 9.17) is 4.42 Å². The summed E-state index contributed by atoms with van der Waals surface area (Å²) in [6, 6.07) is 16.6. The van der Waals surface area contributed by atoms with Crippen molar-refractivity contribution in [3.63, 3.8) is 0 Å². The summed E-state index contributed by atoms with van der Waals surface area (Å²) in [6.07, 6.45) is 3.43. The summed E-state index contributed by atoms with van der Waals surface area (Å²) < 4.78 is 6.01. The molecule has 3 heterocycles. The van der Waals surface area contributed by atoms with Gasteiger partial charge in [-0.1, -0.05) is 42.0 Å². The fraction of sp³-hybridized carbons (Fsp3) is 0.160. The lowest BCUT2D eigenvalue weighted by Crippen LogP contribution is -2.29. The van der Waals surface area contributed by atoms with Crippen LogP contribution in [0.1, 0.15) is 44.4 Å². The monoisotopic (exact) mass is 396 g/mol. The molecule has 30 heavy (non-hydrogen) atoms. The third-order valence-corrected chi connectivity index (χ3v) is 5.59. The van der Waals surface area contributed by atoms with Gasteiger partial charge in [-0.2, -0.15) is 0 Å². The van der Waals surface area contributed by atoms with Crippen LogP contribution in [-0.4, -0.2) is 15.8 Å². The summed E-state index contributed by atoms with van der Waals surface area (Å²) in [5.74, 6) is -0.146. The Morgan fingerprint density at radius 2 is 1.77 bits per heavy atom. The van der Waals surface area contributed by atoms with Crippen LogP contribution in [0.5, 0.6) is 0 Å². The minimum absolute atomic E-state index is 0.132. The van der Waals surface area contributed by atoms with E-state index in [2.05, 4.69) is 4.98 Å². The van der Waals surface area contributed by atoms with Crippen molar-refractivity contribution < 1.29 is 9.21 Å². The third kappa shape index (κ3) is 2.90. The maximum absolute atomic E-state index is 13.5. The van der Waals surface area contributed by atoms with E-state index in [9.17, 15) is 9.59 Å². The topological polar surface area (TPSA) is 63.4 Å². The Kier molecular flexibility index (Phi) is 4.24. The minimum atomic E-state index is -0.504. The zero-order valence-corrected chi connectivity index (χ0v) is 16.8. The Morgan fingerprint density at radius 1 is 1.00 bits per heavy atom. The highest BCUT2D eigenvalue weighted by atomic mass is 16.3. The molecule has 0 saturated heterocycles. The number of fused-ring (bicyclic) bond motifs is 2. The van der Waals surface area contributed by atoms with E-state index in [1.807, 2.05) is 56.3 Å². The van der Waals surface area contributed by atoms with Gasteiger partial charge in [0.25, 0.3) is 5.91 Å². The Morgan fingerprint density at radius 3 is 2.50 bits per heavy atom. The van der Waals surface area contributed by atoms with Crippen LogP contribution in [0.2, 0.25) is 0 Å². The van der Waals surface area contributed by atoms with E-state index in [1.54, 1.807) is 29.4 Å². The number of nitrogens with zero attached hydrogens (tertiary/aromatic N) is 2. The average Bonchev–Trinajstić information content (AvgIpc) is 3.01. The van der Waals surface area contributed by atoms with Crippen LogP contribution in [0.4, 0.5) is 0 Å². The molecule has 1 aliphatic rings. The lowest BCUT2D eigenvalue weighted by atomic mass is 9.97. The van der Waals surface area contributed by atoms with Gasteiger partial charge < -0.3 is 9.32 Å². The van der Waals surface area contributed by atoms with Crippen LogP contribution in [-0.2, 0) is 6.54 Å². The van der Waals surface area contributed by atoms with Gasteiger partial charge in [-0.3, -0.25) is 14.6 Å². The average molecular weight is 396 g/mol. The van der Waals surface area contributed by atoms with Gasteiger partial charge in [-0.25, -0.2) is 0 Å². The first kappa shape index (κ1) is 18.3. The SMILES string of the molecule is Cc1ccc([C@H]2c3c(oc4cc(C)ccc4c3=O)C(=O)N2Cc2cccnc2)cc1. The molecule has 5 heteroatoms. The molecular formula is C25H20N2O3. The zero-order valence-electron chi connectivity index (χ0n) is 16.8. The smallest absolute Gasteiger partial charge is 0.291 e. The van der Waals surface area contributed by atoms with Crippen LogP contribution in [0.3, 0.4) is 0 Å². The Bertz CT molecular complexity index is 1320. The van der Waals surface area contributed by atoms with Crippen molar-refractivity contribution >= 4 is 16.9 Å². The first-order valence-electron chi connectivity index (χ1n) is 9.87. The van der Waals surface area contributed by atoms with Crippen molar-refractivity contribution in [2.45, 2.75) is 26.4 Å². The van der Waals surface area contributed by atoms with Gasteiger partial charge in [0.15, 0.2) is 5.43 Å². The van der Waals surface area contributed by atoms with Crippen LogP contribution in [0.25, 0.3) is 11.0 Å². The first-order valence-corrected chi connectivity index (χ1v) is 9.87. The fourth-order valence-corrected chi connectivity index (χ4v) is 4.07. The van der Waals surface area contributed by atoms with E-state index in [0.29, 0.717) is 23.1 Å². The molecule has 5 rings (SSSR count). The zero-order chi connectivity index (χ0) is 20.8. The third-order valence-electron chi connectivity index (χ3n) is 5.59. The first-order chi connectivity index (χ1) is 14.5. The fourth-order valence-electron chi connectivity index (χ4n) is 4.07. The predicted molar refractivity (Wildman–Crippen MR) is 114 cm³/mol. The van der Waals surface area contributed by atoms with Crippen LogP contribution in [0.15, 0.2) is 76.2 Å². The number of rotatable bonds is 3. The quantitative estimate of drug-likeness (QED) is 0.510. The number of carbonyl (C=O) groups excluding carboxylic acids is 1. The second-order valence-electron chi connectivity index (χ2n) is 7.78. The minimum Gasteiger partial charge on any atom is -0.450 e. The second-order valence-corrected chi connectivity index (χ2v) is 7.78. The molecule has 0 unspecified atom stereocenters. The van der Waals surface area contributed by atoms with Gasteiger partial charge in [-0.05, 0) is 48.7 Å². The van der Waals surface area contributed by atoms with Gasteiger partial charge in [0.05, 0.1) is 17.0 Å². The molecule has 0 aliphatic carbocycles. The summed E-state index contributed by atoms with van der Waals surface area (Å²) in [4.78, 5) is 32.7. The molecule has 5 nitrogen and oxygen atoms in total. The molecule has 0 radical (unpaired) electrons. The van der Waals surface area contributed by atoms with Gasteiger partial charge in [-0.15, -0.1) is 0 Å². The Hall–Kier alpha value is -3.73. The van der Waals surface area contributed by atoms with E-state index < -0.39 is 6.04 Å². The van der Waals surface area contributed by atoms with E-state index >= 15 is 0 Å². The number of aromatic nitrogens is 1. The number of hydrogen-bond acceptors (Lipinski definition) is 4. The van der Waals surface area contributed by atoms with E-state index in [0.717, 1.165) is 22.3 Å². The normalized spacial score (nSPS) is 15.6. The molecule has 0 fully saturated rings. The lowest BCUT2D eigenvalue weighted by molar-refractivity contribution is 0.0714. The predicted octanol–water partition coefficient (Wildman–Crippen LogP) is 4.55. The lowest BCUT2D eigenvalue weighted by Gasteiger charge is -2.25. The van der Waals surface area contributed by atoms with Crippen molar-refractivity contribution in [3.8, 4) is 0 Å². The highest BCUT2D eigenvalue weighted by Gasteiger charge is 2.42.